The lowest BCUT2D eigenvalue weighted by atomic mass is 9.91. The minimum absolute atomic E-state index is 0.192. The van der Waals surface area contributed by atoms with Crippen LogP contribution in [0.2, 0.25) is 0 Å². The van der Waals surface area contributed by atoms with Crippen molar-refractivity contribution in [2.24, 2.45) is 23.5 Å². The highest BCUT2D eigenvalue weighted by atomic mass is 16.1. The van der Waals surface area contributed by atoms with Gasteiger partial charge in [-0.05, 0) is 50.5 Å². The smallest absolute Gasteiger partial charge is 0.220 e. The average Bonchev–Trinajstić information content (AvgIpc) is 2.66. The van der Waals surface area contributed by atoms with Gasteiger partial charge in [-0.1, -0.05) is 39.5 Å². The van der Waals surface area contributed by atoms with Gasteiger partial charge in [0.05, 0.1) is 0 Å². The van der Waals surface area contributed by atoms with Gasteiger partial charge in [-0.3, -0.25) is 4.79 Å². The second-order valence-electron chi connectivity index (χ2n) is 7.04. The van der Waals surface area contributed by atoms with Crippen LogP contribution in [0.15, 0.2) is 0 Å². The van der Waals surface area contributed by atoms with E-state index in [9.17, 15) is 4.79 Å². The van der Waals surface area contributed by atoms with Gasteiger partial charge in [0.1, 0.15) is 0 Å². The minimum atomic E-state index is 0.192. The van der Waals surface area contributed by atoms with Crippen LogP contribution in [0.25, 0.3) is 0 Å². The highest BCUT2D eigenvalue weighted by Gasteiger charge is 2.22. The first-order chi connectivity index (χ1) is 9.52. The zero-order valence-electron chi connectivity index (χ0n) is 13.7. The third-order valence-electron chi connectivity index (χ3n) is 4.61. The van der Waals surface area contributed by atoms with Gasteiger partial charge in [-0.25, -0.2) is 0 Å². The number of rotatable bonds is 7. The summed E-state index contributed by atoms with van der Waals surface area (Å²) in [5.74, 6) is 1.80. The van der Waals surface area contributed by atoms with E-state index in [4.69, 9.17) is 5.73 Å². The second-order valence-corrected chi connectivity index (χ2v) is 7.04. The molecule has 1 unspecified atom stereocenters. The molecule has 20 heavy (non-hydrogen) atoms. The monoisotopic (exact) mass is 282 g/mol. The molecule has 0 radical (unpaired) electrons. The molecule has 0 saturated heterocycles. The van der Waals surface area contributed by atoms with Crippen LogP contribution in [0.5, 0.6) is 0 Å². The fraction of sp³-hybridized carbons (Fsp3) is 0.941. The van der Waals surface area contributed by atoms with Gasteiger partial charge >= 0.3 is 0 Å². The van der Waals surface area contributed by atoms with E-state index in [0.717, 1.165) is 6.42 Å². The highest BCUT2D eigenvalue weighted by molar-refractivity contribution is 5.76. The summed E-state index contributed by atoms with van der Waals surface area (Å²) in [6, 6.07) is 0.318. The van der Waals surface area contributed by atoms with Crippen molar-refractivity contribution in [1.82, 2.24) is 5.32 Å². The van der Waals surface area contributed by atoms with Gasteiger partial charge in [0, 0.05) is 12.5 Å². The zero-order valence-corrected chi connectivity index (χ0v) is 13.7. The fourth-order valence-corrected chi connectivity index (χ4v) is 3.43. The molecule has 1 saturated carbocycles. The number of carbonyl (C=O) groups is 1. The minimum Gasteiger partial charge on any atom is -0.353 e. The molecule has 0 heterocycles. The first-order valence-corrected chi connectivity index (χ1v) is 8.52. The van der Waals surface area contributed by atoms with Gasteiger partial charge in [0.2, 0.25) is 5.91 Å². The molecule has 1 fully saturated rings. The molecule has 1 rings (SSSR count). The standard InChI is InChI=1S/C17H34N2O/c1-13(2)10-15(12-18)11-17(20)19-14(3)16-8-6-4-5-7-9-16/h13-16H,4-12,18H2,1-3H3,(H,19,20)/t14-,15?/m0/s1. The summed E-state index contributed by atoms with van der Waals surface area (Å²) >= 11 is 0. The predicted molar refractivity (Wildman–Crippen MR) is 85.4 cm³/mol. The van der Waals surface area contributed by atoms with Crippen molar-refractivity contribution in [3.05, 3.63) is 0 Å². The van der Waals surface area contributed by atoms with E-state index in [-0.39, 0.29) is 5.91 Å². The molecule has 1 aliphatic carbocycles. The molecular weight excluding hydrogens is 248 g/mol. The lowest BCUT2D eigenvalue weighted by molar-refractivity contribution is -0.123. The number of nitrogens with one attached hydrogen (secondary N) is 1. The van der Waals surface area contributed by atoms with Gasteiger partial charge in [0.25, 0.3) is 0 Å². The van der Waals surface area contributed by atoms with Crippen LogP contribution >= 0.6 is 0 Å². The number of amides is 1. The van der Waals surface area contributed by atoms with Crippen LogP contribution in [-0.4, -0.2) is 18.5 Å². The Morgan fingerprint density at radius 2 is 1.75 bits per heavy atom. The molecule has 3 heteroatoms. The zero-order chi connectivity index (χ0) is 15.0. The van der Waals surface area contributed by atoms with E-state index in [1.807, 2.05) is 0 Å². The lowest BCUT2D eigenvalue weighted by Crippen LogP contribution is -2.39. The predicted octanol–water partition coefficient (Wildman–Crippen LogP) is 3.47. The Labute approximate surface area is 125 Å². The summed E-state index contributed by atoms with van der Waals surface area (Å²) in [6.07, 6.45) is 9.55. The normalized spacial score (nSPS) is 20.4. The molecule has 118 valence electrons. The van der Waals surface area contributed by atoms with Crippen molar-refractivity contribution < 1.29 is 4.79 Å². The van der Waals surface area contributed by atoms with Crippen molar-refractivity contribution >= 4 is 5.91 Å². The van der Waals surface area contributed by atoms with Crippen LogP contribution in [0.3, 0.4) is 0 Å². The third-order valence-corrected chi connectivity index (χ3v) is 4.61. The molecule has 0 aliphatic heterocycles. The summed E-state index contributed by atoms with van der Waals surface area (Å²) < 4.78 is 0. The SMILES string of the molecule is CC(C)CC(CN)CC(=O)N[C@@H](C)C1CCCCCC1. The second kappa shape index (κ2) is 9.38. The Bertz CT molecular complexity index is 270. The summed E-state index contributed by atoms with van der Waals surface area (Å²) in [4.78, 5) is 12.2. The van der Waals surface area contributed by atoms with Gasteiger partial charge in [-0.2, -0.15) is 0 Å². The van der Waals surface area contributed by atoms with E-state index in [1.165, 1.54) is 38.5 Å². The maximum atomic E-state index is 12.2. The van der Waals surface area contributed by atoms with Crippen LogP contribution < -0.4 is 11.1 Å². The number of carbonyl (C=O) groups excluding carboxylic acids is 1. The lowest BCUT2D eigenvalue weighted by Gasteiger charge is -2.25. The molecule has 0 aromatic rings. The molecule has 0 aromatic carbocycles. The third kappa shape index (κ3) is 6.74. The Kier molecular flexibility index (Phi) is 8.20. The van der Waals surface area contributed by atoms with Crippen molar-refractivity contribution in [3.8, 4) is 0 Å². The molecule has 3 N–H and O–H groups in total. The Morgan fingerprint density at radius 3 is 2.25 bits per heavy atom. The van der Waals surface area contributed by atoms with E-state index >= 15 is 0 Å². The first kappa shape index (κ1) is 17.5. The summed E-state index contributed by atoms with van der Waals surface area (Å²) in [5.41, 5.74) is 5.78. The highest BCUT2D eigenvalue weighted by Crippen LogP contribution is 2.25. The molecular formula is C17H34N2O. The Balaban J connectivity index is 2.35. The fourth-order valence-electron chi connectivity index (χ4n) is 3.43. The number of nitrogens with two attached hydrogens (primary N) is 1. The topological polar surface area (TPSA) is 55.1 Å². The van der Waals surface area contributed by atoms with Gasteiger partial charge < -0.3 is 11.1 Å². The molecule has 2 atom stereocenters. The summed E-state index contributed by atoms with van der Waals surface area (Å²) in [6.45, 7) is 7.17. The Hall–Kier alpha value is -0.570. The van der Waals surface area contributed by atoms with Crippen LogP contribution in [0.1, 0.15) is 72.1 Å². The van der Waals surface area contributed by atoms with Crippen LogP contribution in [0.4, 0.5) is 0 Å². The van der Waals surface area contributed by atoms with Crippen molar-refractivity contribution in [2.45, 2.75) is 78.2 Å². The molecule has 0 aromatic heterocycles. The largest absolute Gasteiger partial charge is 0.353 e. The van der Waals surface area contributed by atoms with Crippen molar-refractivity contribution in [2.75, 3.05) is 6.54 Å². The van der Waals surface area contributed by atoms with Gasteiger partial charge in [-0.15, -0.1) is 0 Å². The van der Waals surface area contributed by atoms with E-state index < -0.39 is 0 Å². The molecule has 0 bridgehead atoms. The first-order valence-electron chi connectivity index (χ1n) is 8.52. The number of hydrogen-bond donors (Lipinski definition) is 2. The van der Waals surface area contributed by atoms with E-state index in [1.54, 1.807) is 0 Å². The van der Waals surface area contributed by atoms with Crippen LogP contribution in [-0.2, 0) is 4.79 Å². The summed E-state index contributed by atoms with van der Waals surface area (Å²) in [7, 11) is 0. The maximum Gasteiger partial charge on any atom is 0.220 e. The summed E-state index contributed by atoms with van der Waals surface area (Å²) in [5, 5.41) is 3.22. The van der Waals surface area contributed by atoms with E-state index in [0.29, 0.717) is 36.8 Å². The molecule has 1 aliphatic rings. The molecule has 0 spiro atoms. The van der Waals surface area contributed by atoms with Crippen LogP contribution in [0, 0.1) is 17.8 Å². The van der Waals surface area contributed by atoms with Gasteiger partial charge in [0.15, 0.2) is 0 Å². The number of hydrogen-bond acceptors (Lipinski definition) is 2. The Morgan fingerprint density at radius 1 is 1.15 bits per heavy atom. The van der Waals surface area contributed by atoms with Crippen molar-refractivity contribution in [3.63, 3.8) is 0 Å². The average molecular weight is 282 g/mol. The van der Waals surface area contributed by atoms with Crippen molar-refractivity contribution in [1.29, 1.82) is 0 Å². The maximum absolute atomic E-state index is 12.2. The quantitative estimate of drug-likeness (QED) is 0.702. The molecule has 1 amide bonds. The molecule has 3 nitrogen and oxygen atoms in total. The van der Waals surface area contributed by atoms with E-state index in [2.05, 4.69) is 26.1 Å².